The van der Waals surface area contributed by atoms with Gasteiger partial charge in [0.2, 0.25) is 0 Å². The number of benzene rings is 4. The zero-order valence-corrected chi connectivity index (χ0v) is 32.3. The van der Waals surface area contributed by atoms with Crippen molar-refractivity contribution in [3.8, 4) is 11.8 Å². The van der Waals surface area contributed by atoms with Crippen molar-refractivity contribution >= 4 is 67.2 Å². The van der Waals surface area contributed by atoms with Gasteiger partial charge in [-0.05, 0) is 129 Å². The molecule has 10 heteroatoms. The lowest BCUT2D eigenvalue weighted by atomic mass is 9.98. The molecule has 8 aromatic rings. The van der Waals surface area contributed by atoms with Gasteiger partial charge in [-0.2, -0.15) is 0 Å². The predicted octanol–water partition coefficient (Wildman–Crippen LogP) is 8.63. The number of fused-ring (bicyclic) bond motifs is 6. The quantitative estimate of drug-likeness (QED) is 0.0880. The van der Waals surface area contributed by atoms with Gasteiger partial charge in [-0.3, -0.25) is 9.97 Å². The number of aromatic carboxylic acids is 1. The van der Waals surface area contributed by atoms with E-state index in [1.165, 1.54) is 12.7 Å². The highest BCUT2D eigenvalue weighted by atomic mass is 16.5. The fraction of sp³-hybridized carbons (Fsp3) is 0.149. The second-order valence-electron chi connectivity index (χ2n) is 14.1. The van der Waals surface area contributed by atoms with E-state index in [1.807, 2.05) is 82.4 Å². The molecule has 0 aliphatic carbocycles. The van der Waals surface area contributed by atoms with Crippen molar-refractivity contribution in [2.45, 2.75) is 40.5 Å². The van der Waals surface area contributed by atoms with Crippen molar-refractivity contribution in [1.82, 2.24) is 19.9 Å². The first-order valence-electron chi connectivity index (χ1n) is 18.3. The van der Waals surface area contributed by atoms with Gasteiger partial charge < -0.3 is 21.3 Å². The van der Waals surface area contributed by atoms with E-state index in [4.69, 9.17) is 21.3 Å². The van der Waals surface area contributed by atoms with Crippen LogP contribution in [-0.2, 0) is 17.6 Å². The van der Waals surface area contributed by atoms with E-state index in [-0.39, 0.29) is 11.5 Å². The molecular weight excluding hydrogens is 713 g/mol. The van der Waals surface area contributed by atoms with E-state index in [2.05, 4.69) is 50.0 Å². The summed E-state index contributed by atoms with van der Waals surface area (Å²) < 4.78 is 4.79. The van der Waals surface area contributed by atoms with E-state index in [0.29, 0.717) is 22.7 Å². The second-order valence-corrected chi connectivity index (χ2v) is 14.1. The van der Waals surface area contributed by atoms with Crippen LogP contribution in [0.3, 0.4) is 0 Å². The molecule has 4 heterocycles. The first kappa shape index (κ1) is 37.9. The predicted molar refractivity (Wildman–Crippen MR) is 226 cm³/mol. The van der Waals surface area contributed by atoms with Gasteiger partial charge in [-0.25, -0.2) is 19.6 Å². The number of anilines is 2. The highest BCUT2D eigenvalue weighted by Crippen LogP contribution is 2.29. The largest absolute Gasteiger partial charge is 0.478 e. The highest BCUT2D eigenvalue weighted by molar-refractivity contribution is 6.09. The van der Waals surface area contributed by atoms with E-state index >= 15 is 0 Å². The van der Waals surface area contributed by atoms with E-state index < -0.39 is 5.97 Å². The monoisotopic (exact) mass is 752 g/mol. The number of carbonyl (C=O) groups excluding carboxylic acids is 1. The number of rotatable bonds is 5. The molecule has 5 N–H and O–H groups in total. The molecule has 0 radical (unpaired) electrons. The highest BCUT2D eigenvalue weighted by Gasteiger charge is 2.12. The van der Waals surface area contributed by atoms with Crippen molar-refractivity contribution in [3.05, 3.63) is 153 Å². The number of methoxy groups -OCH3 is 1. The van der Waals surface area contributed by atoms with Crippen molar-refractivity contribution in [2.75, 3.05) is 18.6 Å². The van der Waals surface area contributed by atoms with Crippen LogP contribution in [0.4, 0.5) is 11.6 Å². The third-order valence-electron chi connectivity index (χ3n) is 9.95. The van der Waals surface area contributed by atoms with E-state index in [1.54, 1.807) is 24.4 Å². The van der Waals surface area contributed by atoms with Crippen LogP contribution in [0.2, 0.25) is 0 Å². The van der Waals surface area contributed by atoms with Crippen LogP contribution in [0.1, 0.15) is 65.2 Å². The van der Waals surface area contributed by atoms with Gasteiger partial charge in [-0.1, -0.05) is 42.2 Å². The Labute approximate surface area is 329 Å². The van der Waals surface area contributed by atoms with Gasteiger partial charge in [-0.15, -0.1) is 0 Å². The van der Waals surface area contributed by atoms with Crippen LogP contribution >= 0.6 is 0 Å². The molecule has 0 aliphatic heterocycles. The third kappa shape index (κ3) is 8.04. The Bertz CT molecular complexity index is 2980. The van der Waals surface area contributed by atoms with Crippen LogP contribution in [0, 0.1) is 39.5 Å². The molecule has 8 rings (SSSR count). The first-order chi connectivity index (χ1) is 27.4. The molecule has 0 amide bonds. The Kier molecular flexibility index (Phi) is 10.5. The van der Waals surface area contributed by atoms with Gasteiger partial charge in [0.05, 0.1) is 29.3 Å². The number of nitrogens with zero attached hydrogens (tertiary/aromatic N) is 4. The molecule has 0 atom stereocenters. The number of nitrogen functional groups attached to an aromatic ring is 2. The van der Waals surface area contributed by atoms with Gasteiger partial charge in [0.1, 0.15) is 11.0 Å². The summed E-state index contributed by atoms with van der Waals surface area (Å²) in [4.78, 5) is 40.8. The van der Waals surface area contributed by atoms with Crippen LogP contribution in [0.15, 0.2) is 97.3 Å². The molecular formula is C47H40N6O4. The number of carboxylic acids is 1. The summed E-state index contributed by atoms with van der Waals surface area (Å²) in [5.41, 5.74) is 24.2. The summed E-state index contributed by atoms with van der Waals surface area (Å²) in [6.07, 6.45) is 5.25. The lowest BCUT2D eigenvalue weighted by Gasteiger charge is -2.10. The number of hydrogen-bond donors (Lipinski definition) is 3. The zero-order valence-electron chi connectivity index (χ0n) is 32.3. The van der Waals surface area contributed by atoms with Crippen molar-refractivity contribution in [3.63, 3.8) is 0 Å². The normalized spacial score (nSPS) is 10.9. The summed E-state index contributed by atoms with van der Waals surface area (Å²) in [5, 5.41) is 13.1. The zero-order chi connectivity index (χ0) is 40.4. The lowest BCUT2D eigenvalue weighted by Crippen LogP contribution is -2.03. The average Bonchev–Trinajstić information content (AvgIpc) is 3.19. The van der Waals surface area contributed by atoms with Crippen LogP contribution < -0.4 is 11.5 Å². The number of esters is 1. The minimum absolute atomic E-state index is 0.250. The molecule has 0 saturated heterocycles. The molecule has 4 aromatic carbocycles. The molecule has 0 saturated carbocycles. The molecule has 0 unspecified atom stereocenters. The number of nitrogens with two attached hydrogens (primary N) is 2. The molecule has 0 aliphatic rings. The van der Waals surface area contributed by atoms with Crippen LogP contribution in [-0.4, -0.2) is 44.1 Å². The topological polar surface area (TPSA) is 167 Å². The second kappa shape index (κ2) is 15.8. The fourth-order valence-corrected chi connectivity index (χ4v) is 6.86. The van der Waals surface area contributed by atoms with Crippen LogP contribution in [0.5, 0.6) is 0 Å². The lowest BCUT2D eigenvalue weighted by molar-refractivity contribution is 0.0599. The Hall–Kier alpha value is -7.38. The minimum Gasteiger partial charge on any atom is -0.478 e. The summed E-state index contributed by atoms with van der Waals surface area (Å²) in [6, 6.07) is 27.0. The summed E-state index contributed by atoms with van der Waals surface area (Å²) in [5.74, 6) is 5.81. The number of aryl methyl sites for hydroxylation is 6. The maximum atomic E-state index is 11.7. The number of hydrogen-bond acceptors (Lipinski definition) is 9. The fourth-order valence-electron chi connectivity index (χ4n) is 6.86. The standard InChI is InChI=1S/C24H23N3O2.C23H17N3O2/c1-14-4-9-19-20-12-16(13-26-22(20)23(25)27-21(19)10-14)5-6-17-7-8-18(11-15(17)2)24(28)29-3;1-13-3-8-18-19-11-15(12-25-21(19)22(24)26-20(18)9-13)4-5-16-6-7-17(23(27)28)10-14(16)2/h4,7-13H,5-6H2,1-3H3,(H2,25,27);3,6-12H,1-2H3,(H2,24,26)(H,27,28). The molecule has 0 fully saturated rings. The Balaban J connectivity index is 0.000000174. The molecule has 0 spiro atoms. The molecule has 0 bridgehead atoms. The van der Waals surface area contributed by atoms with Gasteiger partial charge in [0.25, 0.3) is 0 Å². The Morgan fingerprint density at radius 3 is 1.84 bits per heavy atom. The number of aromatic nitrogens is 4. The van der Waals surface area contributed by atoms with Gasteiger partial charge >= 0.3 is 11.9 Å². The SMILES string of the molecule is COC(=O)c1ccc(CCc2cnc3c(N)nc4cc(C)ccc4c3c2)c(C)c1.Cc1ccc2c(c1)nc(N)c1ncc(C#Cc3ccc(C(=O)O)cc3C)cc12. The summed E-state index contributed by atoms with van der Waals surface area (Å²) in [6.45, 7) is 7.92. The average molecular weight is 753 g/mol. The smallest absolute Gasteiger partial charge is 0.337 e. The Morgan fingerprint density at radius 1 is 0.649 bits per heavy atom. The van der Waals surface area contributed by atoms with Crippen molar-refractivity contribution in [2.24, 2.45) is 0 Å². The van der Waals surface area contributed by atoms with Gasteiger partial charge in [0.15, 0.2) is 11.6 Å². The van der Waals surface area contributed by atoms with E-state index in [9.17, 15) is 9.59 Å². The van der Waals surface area contributed by atoms with E-state index in [0.717, 1.165) is 89.9 Å². The molecule has 57 heavy (non-hydrogen) atoms. The number of ether oxygens (including phenoxy) is 1. The maximum absolute atomic E-state index is 11.7. The maximum Gasteiger partial charge on any atom is 0.337 e. The number of carbonyl (C=O) groups is 2. The molecule has 282 valence electrons. The van der Waals surface area contributed by atoms with Crippen molar-refractivity contribution < 1.29 is 19.4 Å². The summed E-state index contributed by atoms with van der Waals surface area (Å²) in [7, 11) is 1.39. The van der Waals surface area contributed by atoms with Gasteiger partial charge in [0, 0.05) is 45.1 Å². The first-order valence-corrected chi connectivity index (χ1v) is 18.3. The number of carboxylic acid groups (broad SMARTS) is 1. The molecule has 4 aromatic heterocycles. The summed E-state index contributed by atoms with van der Waals surface area (Å²) >= 11 is 0. The third-order valence-corrected chi connectivity index (χ3v) is 9.95. The Morgan fingerprint density at radius 2 is 1.25 bits per heavy atom. The van der Waals surface area contributed by atoms with Crippen molar-refractivity contribution in [1.29, 1.82) is 0 Å². The number of pyridine rings is 4. The minimum atomic E-state index is -0.949. The van der Waals surface area contributed by atoms with Crippen LogP contribution in [0.25, 0.3) is 43.6 Å². The molecule has 10 nitrogen and oxygen atoms in total.